The molecule has 47 heavy (non-hydrogen) atoms. The van der Waals surface area contributed by atoms with Crippen LogP contribution in [0.5, 0.6) is 0 Å². The van der Waals surface area contributed by atoms with Crippen LogP contribution in [0.2, 0.25) is 0 Å². The van der Waals surface area contributed by atoms with E-state index in [1.54, 1.807) is 32.6 Å². The molecule has 11 heteroatoms. The van der Waals surface area contributed by atoms with Gasteiger partial charge >= 0.3 is 18.0 Å². The van der Waals surface area contributed by atoms with Crippen molar-refractivity contribution in [2.75, 3.05) is 36.9 Å². The predicted molar refractivity (Wildman–Crippen MR) is 182 cm³/mol. The summed E-state index contributed by atoms with van der Waals surface area (Å²) in [6.07, 6.45) is 4.80. The molecule has 0 spiro atoms. The van der Waals surface area contributed by atoms with Gasteiger partial charge in [0.25, 0.3) is 0 Å². The summed E-state index contributed by atoms with van der Waals surface area (Å²) in [4.78, 5) is 56.4. The Morgan fingerprint density at radius 2 is 1.68 bits per heavy atom. The molecule has 2 aliphatic rings. The minimum absolute atomic E-state index is 0.223. The quantitative estimate of drug-likeness (QED) is 0.157. The molecule has 1 saturated heterocycles. The summed E-state index contributed by atoms with van der Waals surface area (Å²) >= 11 is 1.52. The van der Waals surface area contributed by atoms with Crippen LogP contribution in [0.25, 0.3) is 0 Å². The van der Waals surface area contributed by atoms with Crippen molar-refractivity contribution < 1.29 is 33.4 Å². The average molecular weight is 668 g/mol. The monoisotopic (exact) mass is 667 g/mol. The van der Waals surface area contributed by atoms with Crippen LogP contribution in [0, 0.1) is 5.92 Å². The largest absolute Gasteiger partial charge is 0.465 e. The number of amides is 2. The molecule has 4 rings (SSSR count). The zero-order valence-electron chi connectivity index (χ0n) is 28.1. The van der Waals surface area contributed by atoms with Crippen molar-refractivity contribution in [3.8, 4) is 0 Å². The molecule has 1 N–H and O–H groups in total. The van der Waals surface area contributed by atoms with Gasteiger partial charge in [0.2, 0.25) is 5.91 Å². The number of hydrogen-bond donors (Lipinski definition) is 1. The molecular formula is C36H49N3O7S. The Morgan fingerprint density at radius 1 is 0.979 bits per heavy atom. The second-order valence-electron chi connectivity index (χ2n) is 13.1. The number of likely N-dealkylation sites (tertiary alicyclic amines) is 1. The molecule has 0 aliphatic carbocycles. The van der Waals surface area contributed by atoms with Crippen LogP contribution in [-0.2, 0) is 35.2 Å². The summed E-state index contributed by atoms with van der Waals surface area (Å²) in [5.74, 6) is -0.252. The molecule has 2 heterocycles. The summed E-state index contributed by atoms with van der Waals surface area (Å²) in [7, 11) is 0. The highest BCUT2D eigenvalue weighted by Gasteiger charge is 2.36. The van der Waals surface area contributed by atoms with Crippen LogP contribution in [0.1, 0.15) is 71.8 Å². The Bertz CT molecular complexity index is 1340. The molecule has 0 saturated carbocycles. The molecule has 10 nitrogen and oxygen atoms in total. The third-order valence-corrected chi connectivity index (χ3v) is 9.40. The van der Waals surface area contributed by atoms with Gasteiger partial charge in [0.1, 0.15) is 24.8 Å². The number of fused-ring (bicyclic) bond motifs is 1. The molecule has 2 aromatic carbocycles. The van der Waals surface area contributed by atoms with Crippen LogP contribution >= 0.6 is 11.8 Å². The van der Waals surface area contributed by atoms with Gasteiger partial charge in [-0.2, -0.15) is 0 Å². The zero-order valence-corrected chi connectivity index (χ0v) is 28.9. The van der Waals surface area contributed by atoms with E-state index in [1.807, 2.05) is 54.6 Å². The van der Waals surface area contributed by atoms with Crippen LogP contribution in [0.4, 0.5) is 10.5 Å². The lowest BCUT2D eigenvalue weighted by Gasteiger charge is -2.31. The minimum atomic E-state index is -0.699. The number of rotatable bonds is 13. The molecule has 2 amide bonds. The van der Waals surface area contributed by atoms with Gasteiger partial charge < -0.3 is 19.1 Å². The SMILES string of the molecule is CCOC(=O)[C@H](CCCCC1CCN(C(=O)OCc2ccccc2)CC1)N[C@H]1CSc2ccccc2N(CC(=O)OC(C)(C)C)C1=O. The molecule has 2 aliphatic heterocycles. The number of unbranched alkanes of at least 4 members (excludes halogenated alkanes) is 1. The predicted octanol–water partition coefficient (Wildman–Crippen LogP) is 5.97. The van der Waals surface area contributed by atoms with E-state index in [0.29, 0.717) is 36.9 Å². The number of thioether (sulfide) groups is 1. The fraction of sp³-hybridized carbons (Fsp3) is 0.556. The molecule has 0 aromatic heterocycles. The highest BCUT2D eigenvalue weighted by Crippen LogP contribution is 2.34. The summed E-state index contributed by atoms with van der Waals surface area (Å²) in [5.41, 5.74) is 0.940. The highest BCUT2D eigenvalue weighted by atomic mass is 32.2. The van der Waals surface area contributed by atoms with Crippen molar-refractivity contribution >= 4 is 41.4 Å². The fourth-order valence-electron chi connectivity index (χ4n) is 5.89. The van der Waals surface area contributed by atoms with E-state index in [-0.39, 0.29) is 37.7 Å². The van der Waals surface area contributed by atoms with Crippen molar-refractivity contribution in [3.05, 3.63) is 60.2 Å². The Balaban J connectivity index is 1.28. The van der Waals surface area contributed by atoms with Crippen LogP contribution in [-0.4, -0.2) is 78.5 Å². The van der Waals surface area contributed by atoms with Crippen LogP contribution in [0.3, 0.4) is 0 Å². The Kier molecular flexibility index (Phi) is 13.5. The van der Waals surface area contributed by atoms with Gasteiger partial charge in [0.05, 0.1) is 18.3 Å². The third-order valence-electron chi connectivity index (χ3n) is 8.24. The lowest BCUT2D eigenvalue weighted by molar-refractivity contribution is -0.154. The average Bonchev–Trinajstić information content (AvgIpc) is 3.17. The maximum atomic E-state index is 13.9. The number of anilines is 1. The zero-order chi connectivity index (χ0) is 33.8. The van der Waals surface area contributed by atoms with Crippen molar-refractivity contribution in [2.24, 2.45) is 5.92 Å². The van der Waals surface area contributed by atoms with Gasteiger partial charge in [-0.1, -0.05) is 61.7 Å². The van der Waals surface area contributed by atoms with Gasteiger partial charge in [0, 0.05) is 23.7 Å². The van der Waals surface area contributed by atoms with Crippen molar-refractivity contribution in [1.82, 2.24) is 10.2 Å². The van der Waals surface area contributed by atoms with Gasteiger partial charge in [-0.25, -0.2) is 4.79 Å². The van der Waals surface area contributed by atoms with Crippen LogP contribution in [0.15, 0.2) is 59.5 Å². The number of carbonyl (C=O) groups excluding carboxylic acids is 4. The number of nitrogens with one attached hydrogen (secondary N) is 1. The Labute approximate surface area is 282 Å². The first-order chi connectivity index (χ1) is 22.5. The van der Waals surface area contributed by atoms with Crippen molar-refractivity contribution in [3.63, 3.8) is 0 Å². The van der Waals surface area contributed by atoms with E-state index in [4.69, 9.17) is 14.2 Å². The molecule has 256 valence electrons. The van der Waals surface area contributed by atoms with Crippen molar-refractivity contribution in [2.45, 2.75) is 95.4 Å². The summed E-state index contributed by atoms with van der Waals surface area (Å²) in [5, 5.41) is 3.30. The number of piperidine rings is 1. The minimum Gasteiger partial charge on any atom is -0.465 e. The summed E-state index contributed by atoms with van der Waals surface area (Å²) in [6, 6.07) is 15.8. The molecule has 0 radical (unpaired) electrons. The standard InChI is InChI=1S/C36H49N3O7S/c1-5-44-34(42)28(16-10-9-13-26-19-21-38(22-20-26)35(43)45-24-27-14-7-6-8-15-27)37-29-25-47-31-18-12-11-17-30(31)39(33(29)41)23-32(40)46-36(2,3)4/h6-8,11-12,14-15,17-18,26,28-29,37H,5,9-10,13,16,19-25H2,1-4H3/t28-,29-/m0/s1. The number of ether oxygens (including phenoxy) is 3. The molecule has 2 aromatic rings. The normalized spacial score (nSPS) is 17.8. The number of benzene rings is 2. The third kappa shape index (κ3) is 11.3. The first-order valence-electron chi connectivity index (χ1n) is 16.7. The smallest absolute Gasteiger partial charge is 0.410 e. The summed E-state index contributed by atoms with van der Waals surface area (Å²) < 4.78 is 16.4. The van der Waals surface area contributed by atoms with Gasteiger partial charge in [-0.3, -0.25) is 24.6 Å². The summed E-state index contributed by atoms with van der Waals surface area (Å²) in [6.45, 7) is 8.79. The van der Waals surface area contributed by atoms with E-state index >= 15 is 0 Å². The second kappa shape index (κ2) is 17.5. The van der Waals surface area contributed by atoms with E-state index < -0.39 is 23.7 Å². The molecule has 0 bridgehead atoms. The molecular weight excluding hydrogens is 618 g/mol. The number of esters is 2. The van der Waals surface area contributed by atoms with Gasteiger partial charge in [-0.15, -0.1) is 11.8 Å². The van der Waals surface area contributed by atoms with Gasteiger partial charge in [0.15, 0.2) is 0 Å². The lowest BCUT2D eigenvalue weighted by atomic mass is 9.91. The Morgan fingerprint density at radius 3 is 2.38 bits per heavy atom. The molecule has 0 unspecified atom stereocenters. The fourth-order valence-corrected chi connectivity index (χ4v) is 6.98. The molecule has 2 atom stereocenters. The number of hydrogen-bond acceptors (Lipinski definition) is 9. The maximum Gasteiger partial charge on any atom is 0.410 e. The number of carbonyl (C=O) groups is 4. The van der Waals surface area contributed by atoms with Crippen LogP contribution < -0.4 is 10.2 Å². The molecule has 1 fully saturated rings. The lowest BCUT2D eigenvalue weighted by Crippen LogP contribution is -2.54. The topological polar surface area (TPSA) is 114 Å². The maximum absolute atomic E-state index is 13.9. The number of para-hydroxylation sites is 1. The first kappa shape index (κ1) is 36.3. The Hall–Kier alpha value is -3.57. The number of nitrogens with zero attached hydrogens (tertiary/aromatic N) is 2. The highest BCUT2D eigenvalue weighted by molar-refractivity contribution is 7.99. The first-order valence-corrected chi connectivity index (χ1v) is 17.7. The van der Waals surface area contributed by atoms with E-state index in [2.05, 4.69) is 5.32 Å². The van der Waals surface area contributed by atoms with E-state index in [0.717, 1.165) is 42.6 Å². The van der Waals surface area contributed by atoms with E-state index in [1.165, 1.54) is 16.7 Å². The second-order valence-corrected chi connectivity index (χ2v) is 14.1. The van der Waals surface area contributed by atoms with E-state index in [9.17, 15) is 19.2 Å². The van der Waals surface area contributed by atoms with Crippen molar-refractivity contribution in [1.29, 1.82) is 0 Å². The van der Waals surface area contributed by atoms with Gasteiger partial charge in [-0.05, 0) is 70.6 Å².